The van der Waals surface area contributed by atoms with Crippen LogP contribution in [0.5, 0.6) is 0 Å². The summed E-state index contributed by atoms with van der Waals surface area (Å²) in [5, 5.41) is 10.2. The Hall–Kier alpha value is -2.65. The summed E-state index contributed by atoms with van der Waals surface area (Å²) in [6.07, 6.45) is 6.83. The van der Waals surface area contributed by atoms with E-state index in [1.165, 1.54) is 6.33 Å². The first-order valence-corrected chi connectivity index (χ1v) is 13.4. The predicted molar refractivity (Wildman–Crippen MR) is 131 cm³/mol. The van der Waals surface area contributed by atoms with Gasteiger partial charge in [0.2, 0.25) is 10.0 Å². The second kappa shape index (κ2) is 9.92. The summed E-state index contributed by atoms with van der Waals surface area (Å²) in [6, 6.07) is 17.7. The topological polar surface area (TPSA) is 86.6 Å². The first kappa shape index (κ1) is 23.1. The van der Waals surface area contributed by atoms with E-state index in [0.29, 0.717) is 13.1 Å². The summed E-state index contributed by atoms with van der Waals surface area (Å²) in [4.78, 5) is 10.5. The van der Waals surface area contributed by atoms with Gasteiger partial charge in [-0.2, -0.15) is 0 Å². The molecule has 1 aromatic heterocycles. The number of aliphatic hydroxyl groups excluding tert-OH is 1. The summed E-state index contributed by atoms with van der Waals surface area (Å²) in [6.45, 7) is 1.94. The van der Waals surface area contributed by atoms with Crippen LogP contribution < -0.4 is 0 Å². The average molecular weight is 479 g/mol. The summed E-state index contributed by atoms with van der Waals surface area (Å²) < 4.78 is 28.4. The van der Waals surface area contributed by atoms with Gasteiger partial charge in [-0.1, -0.05) is 54.6 Å². The quantitative estimate of drug-likeness (QED) is 0.586. The van der Waals surface area contributed by atoms with Crippen molar-refractivity contribution in [1.29, 1.82) is 0 Å². The van der Waals surface area contributed by atoms with Crippen LogP contribution in [0.4, 0.5) is 0 Å². The third-order valence-corrected chi connectivity index (χ3v) is 8.92. The van der Waals surface area contributed by atoms with E-state index in [-0.39, 0.29) is 30.4 Å². The van der Waals surface area contributed by atoms with Crippen LogP contribution in [0.3, 0.4) is 0 Å². The lowest BCUT2D eigenvalue weighted by Crippen LogP contribution is -2.67. The van der Waals surface area contributed by atoms with Gasteiger partial charge >= 0.3 is 0 Å². The Morgan fingerprint density at radius 1 is 0.912 bits per heavy atom. The van der Waals surface area contributed by atoms with Crippen molar-refractivity contribution in [1.82, 2.24) is 19.2 Å². The first-order valence-electron chi connectivity index (χ1n) is 11.8. The Labute approximate surface area is 201 Å². The number of benzene rings is 2. The smallest absolute Gasteiger partial charge is 0.218 e. The van der Waals surface area contributed by atoms with Crippen molar-refractivity contribution < 1.29 is 13.5 Å². The van der Waals surface area contributed by atoms with Crippen LogP contribution in [0.2, 0.25) is 0 Å². The Kier molecular flexibility index (Phi) is 6.74. The monoisotopic (exact) mass is 478 g/mol. The maximum Gasteiger partial charge on any atom is 0.218 e. The van der Waals surface area contributed by atoms with Gasteiger partial charge in [0.15, 0.2) is 0 Å². The molecular weight excluding hydrogens is 448 g/mol. The van der Waals surface area contributed by atoms with Crippen molar-refractivity contribution in [2.24, 2.45) is 0 Å². The second-order valence-corrected chi connectivity index (χ2v) is 11.1. The fourth-order valence-electron chi connectivity index (χ4n) is 5.38. The van der Waals surface area contributed by atoms with Gasteiger partial charge in [-0.25, -0.2) is 22.7 Å². The summed E-state index contributed by atoms with van der Waals surface area (Å²) in [5.74, 6) is 0.0984. The molecule has 0 radical (unpaired) electrons. The zero-order chi connectivity index (χ0) is 23.5. The molecule has 0 amide bonds. The molecule has 0 saturated carbocycles. The third-order valence-electron chi connectivity index (χ3n) is 7.11. The lowest BCUT2D eigenvalue weighted by molar-refractivity contribution is -0.0554. The van der Waals surface area contributed by atoms with Crippen LogP contribution in [0.15, 0.2) is 73.3 Å². The molecule has 2 fully saturated rings. The van der Waals surface area contributed by atoms with E-state index in [2.05, 4.69) is 39.1 Å². The molecule has 3 atom stereocenters. The normalized spacial score (nSPS) is 24.0. The number of rotatable bonds is 6. The largest absolute Gasteiger partial charge is 0.395 e. The maximum atomic E-state index is 13.3. The van der Waals surface area contributed by atoms with Gasteiger partial charge in [0, 0.05) is 49.0 Å². The molecule has 2 saturated heterocycles. The highest BCUT2D eigenvalue weighted by molar-refractivity contribution is 7.88. The van der Waals surface area contributed by atoms with Gasteiger partial charge in [0.1, 0.15) is 6.33 Å². The molecule has 3 heterocycles. The van der Waals surface area contributed by atoms with Gasteiger partial charge in [-0.3, -0.25) is 4.90 Å². The van der Waals surface area contributed by atoms with Crippen LogP contribution in [0.25, 0.3) is 11.1 Å². The highest BCUT2D eigenvalue weighted by Crippen LogP contribution is 2.42. The Bertz CT molecular complexity index is 1190. The maximum absolute atomic E-state index is 13.3. The van der Waals surface area contributed by atoms with E-state index < -0.39 is 10.0 Å². The van der Waals surface area contributed by atoms with E-state index >= 15 is 0 Å². The number of aliphatic hydroxyl groups is 1. The number of sulfonamides is 1. The molecule has 2 aliphatic heterocycles. The molecule has 0 aliphatic carbocycles. The predicted octanol–water partition coefficient (Wildman–Crippen LogP) is 2.90. The summed E-state index contributed by atoms with van der Waals surface area (Å²) in [5.41, 5.74) is 3.92. The van der Waals surface area contributed by atoms with E-state index in [9.17, 15) is 13.5 Å². The number of hydrogen-bond acceptors (Lipinski definition) is 6. The van der Waals surface area contributed by atoms with Crippen molar-refractivity contribution in [3.63, 3.8) is 0 Å². The lowest BCUT2D eigenvalue weighted by atomic mass is 9.74. The minimum absolute atomic E-state index is 0.00712. The number of nitrogens with zero attached hydrogens (tertiary/aromatic N) is 4. The van der Waals surface area contributed by atoms with Gasteiger partial charge in [0.25, 0.3) is 0 Å². The van der Waals surface area contributed by atoms with Crippen LogP contribution in [-0.4, -0.2) is 71.0 Å². The molecule has 1 N–H and O–H groups in total. The zero-order valence-electron chi connectivity index (χ0n) is 19.1. The van der Waals surface area contributed by atoms with Gasteiger partial charge in [-0.15, -0.1) is 0 Å². The molecular formula is C26H30N4O3S. The fourth-order valence-corrected chi connectivity index (χ4v) is 6.97. The Morgan fingerprint density at radius 2 is 1.62 bits per heavy atom. The second-order valence-electron chi connectivity index (χ2n) is 9.14. The molecule has 0 unspecified atom stereocenters. The molecule has 8 heteroatoms. The SMILES string of the molecule is O=S(=O)(Cc1ccccc1)N1CCCCN2[C@H](CO)[C@H](c3ccc(-c4cncnc4)cc3)[C@H]2C1. The van der Waals surface area contributed by atoms with Crippen molar-refractivity contribution in [3.05, 3.63) is 84.4 Å². The van der Waals surface area contributed by atoms with Crippen LogP contribution in [-0.2, 0) is 15.8 Å². The molecule has 0 bridgehead atoms. The molecule has 2 aromatic carbocycles. The molecule has 7 nitrogen and oxygen atoms in total. The Morgan fingerprint density at radius 3 is 2.32 bits per heavy atom. The minimum atomic E-state index is -3.44. The minimum Gasteiger partial charge on any atom is -0.395 e. The van der Waals surface area contributed by atoms with E-state index in [1.54, 1.807) is 16.7 Å². The van der Waals surface area contributed by atoms with Crippen LogP contribution in [0, 0.1) is 0 Å². The van der Waals surface area contributed by atoms with Gasteiger partial charge in [-0.05, 0) is 36.1 Å². The highest BCUT2D eigenvalue weighted by atomic mass is 32.2. The average Bonchev–Trinajstić information content (AvgIpc) is 2.84. The number of aromatic nitrogens is 2. The lowest BCUT2D eigenvalue weighted by Gasteiger charge is -2.57. The zero-order valence-corrected chi connectivity index (χ0v) is 19.9. The third kappa shape index (κ3) is 4.63. The van der Waals surface area contributed by atoms with E-state index in [1.807, 2.05) is 30.3 Å². The van der Waals surface area contributed by atoms with Crippen LogP contribution >= 0.6 is 0 Å². The number of hydrogen-bond donors (Lipinski definition) is 1. The molecule has 178 valence electrons. The molecule has 0 spiro atoms. The first-order chi connectivity index (χ1) is 16.6. The van der Waals surface area contributed by atoms with Crippen molar-refractivity contribution >= 4 is 10.0 Å². The molecule has 3 aromatic rings. The fraction of sp³-hybridized carbons (Fsp3) is 0.385. The summed E-state index contributed by atoms with van der Waals surface area (Å²) >= 11 is 0. The highest BCUT2D eigenvalue weighted by Gasteiger charge is 2.50. The van der Waals surface area contributed by atoms with Gasteiger partial charge in [0.05, 0.1) is 12.4 Å². The molecule has 34 heavy (non-hydrogen) atoms. The summed E-state index contributed by atoms with van der Waals surface area (Å²) in [7, 11) is -3.44. The standard InChI is InChI=1S/C26H30N4O3S/c31-17-25-26(22-10-8-21(9-11-22)23-14-27-19-28-15-23)24-16-29(12-4-5-13-30(24)25)34(32,33)18-20-6-2-1-3-7-20/h1-3,6-11,14-15,19,24-26,31H,4-5,12-13,16-18H2/t24-,25-,26-/m1/s1. The molecule has 5 rings (SSSR count). The molecule has 2 aliphatic rings. The van der Waals surface area contributed by atoms with Crippen molar-refractivity contribution in [2.75, 3.05) is 26.2 Å². The van der Waals surface area contributed by atoms with Crippen molar-refractivity contribution in [2.45, 2.75) is 36.6 Å². The van der Waals surface area contributed by atoms with Crippen molar-refractivity contribution in [3.8, 4) is 11.1 Å². The van der Waals surface area contributed by atoms with E-state index in [4.69, 9.17) is 0 Å². The van der Waals surface area contributed by atoms with Crippen LogP contribution in [0.1, 0.15) is 29.9 Å². The number of fused-ring (bicyclic) bond motifs is 1. The Balaban J connectivity index is 1.38. The van der Waals surface area contributed by atoms with Gasteiger partial charge < -0.3 is 5.11 Å². The van der Waals surface area contributed by atoms with E-state index in [0.717, 1.165) is 41.6 Å².